The third-order valence-corrected chi connectivity index (χ3v) is 4.77. The molecule has 1 aromatic carbocycles. The average molecular weight is 375 g/mol. The summed E-state index contributed by atoms with van der Waals surface area (Å²) in [6, 6.07) is 11.5. The second-order valence-corrected chi connectivity index (χ2v) is 6.92. The summed E-state index contributed by atoms with van der Waals surface area (Å²) in [6.07, 6.45) is 4.07. The first-order chi connectivity index (χ1) is 13.6. The Bertz CT molecular complexity index is 1040. The van der Waals surface area contributed by atoms with Crippen molar-refractivity contribution in [2.24, 2.45) is 0 Å². The second kappa shape index (κ2) is 7.74. The first-order valence-corrected chi connectivity index (χ1v) is 9.20. The van der Waals surface area contributed by atoms with Crippen LogP contribution in [0.2, 0.25) is 0 Å². The summed E-state index contributed by atoms with van der Waals surface area (Å²) in [7, 11) is 0. The SMILES string of the molecule is CC(=O)Nc1ccc(CN2CCc3c(nc(-c4cccnc4)[nH]c3=O)C2)cc1. The van der Waals surface area contributed by atoms with E-state index >= 15 is 0 Å². The van der Waals surface area contributed by atoms with E-state index in [1.165, 1.54) is 6.92 Å². The summed E-state index contributed by atoms with van der Waals surface area (Å²) >= 11 is 0. The summed E-state index contributed by atoms with van der Waals surface area (Å²) in [6.45, 7) is 3.68. The number of nitrogens with one attached hydrogen (secondary N) is 2. The van der Waals surface area contributed by atoms with Gasteiger partial charge in [0.2, 0.25) is 5.91 Å². The maximum absolute atomic E-state index is 12.5. The molecule has 0 radical (unpaired) electrons. The Kier molecular flexibility index (Phi) is 4.99. The van der Waals surface area contributed by atoms with Gasteiger partial charge in [-0.1, -0.05) is 12.1 Å². The molecule has 0 spiro atoms. The number of hydrogen-bond donors (Lipinski definition) is 2. The zero-order valence-electron chi connectivity index (χ0n) is 15.6. The fourth-order valence-electron chi connectivity index (χ4n) is 3.42. The largest absolute Gasteiger partial charge is 0.326 e. The van der Waals surface area contributed by atoms with E-state index in [1.807, 2.05) is 36.4 Å². The molecule has 2 N–H and O–H groups in total. The maximum atomic E-state index is 12.5. The molecule has 0 bridgehead atoms. The van der Waals surface area contributed by atoms with Crippen LogP contribution in [0.1, 0.15) is 23.7 Å². The summed E-state index contributed by atoms with van der Waals surface area (Å²) in [5.41, 5.74) is 4.26. The monoisotopic (exact) mass is 375 g/mol. The molecule has 7 nitrogen and oxygen atoms in total. The third kappa shape index (κ3) is 3.99. The Morgan fingerprint density at radius 3 is 2.79 bits per heavy atom. The molecule has 4 rings (SSSR count). The number of fused-ring (bicyclic) bond motifs is 1. The summed E-state index contributed by atoms with van der Waals surface area (Å²) < 4.78 is 0. The number of benzene rings is 1. The maximum Gasteiger partial charge on any atom is 0.254 e. The van der Waals surface area contributed by atoms with Gasteiger partial charge in [-0.05, 0) is 36.2 Å². The van der Waals surface area contributed by atoms with E-state index in [9.17, 15) is 9.59 Å². The summed E-state index contributed by atoms with van der Waals surface area (Å²) in [5.74, 6) is 0.472. The van der Waals surface area contributed by atoms with Gasteiger partial charge in [0.15, 0.2) is 0 Å². The van der Waals surface area contributed by atoms with Crippen LogP contribution < -0.4 is 10.9 Å². The van der Waals surface area contributed by atoms with E-state index < -0.39 is 0 Å². The van der Waals surface area contributed by atoms with Crippen molar-refractivity contribution in [1.82, 2.24) is 19.9 Å². The van der Waals surface area contributed by atoms with Crippen LogP contribution in [0.5, 0.6) is 0 Å². The highest BCUT2D eigenvalue weighted by molar-refractivity contribution is 5.88. The molecular weight excluding hydrogens is 354 g/mol. The van der Waals surface area contributed by atoms with Crippen molar-refractivity contribution in [3.8, 4) is 11.4 Å². The van der Waals surface area contributed by atoms with Crippen LogP contribution in [0.3, 0.4) is 0 Å². The number of pyridine rings is 1. The number of aromatic nitrogens is 3. The van der Waals surface area contributed by atoms with Crippen LogP contribution >= 0.6 is 0 Å². The first kappa shape index (κ1) is 18.1. The van der Waals surface area contributed by atoms with Crippen LogP contribution in [0.15, 0.2) is 53.6 Å². The molecule has 3 aromatic rings. The highest BCUT2D eigenvalue weighted by Gasteiger charge is 2.21. The van der Waals surface area contributed by atoms with Gasteiger partial charge in [0, 0.05) is 55.8 Å². The molecule has 1 aliphatic heterocycles. The summed E-state index contributed by atoms with van der Waals surface area (Å²) in [5, 5.41) is 2.77. The minimum absolute atomic E-state index is 0.0665. The van der Waals surface area contributed by atoms with Crippen LogP contribution in [-0.4, -0.2) is 32.3 Å². The Morgan fingerprint density at radius 1 is 1.25 bits per heavy atom. The Balaban J connectivity index is 1.52. The van der Waals surface area contributed by atoms with Crippen molar-refractivity contribution in [2.45, 2.75) is 26.4 Å². The molecule has 0 saturated carbocycles. The second-order valence-electron chi connectivity index (χ2n) is 6.92. The van der Waals surface area contributed by atoms with Crippen molar-refractivity contribution in [1.29, 1.82) is 0 Å². The van der Waals surface area contributed by atoms with Gasteiger partial charge in [-0.25, -0.2) is 4.98 Å². The highest BCUT2D eigenvalue weighted by Crippen LogP contribution is 2.20. The van der Waals surface area contributed by atoms with Gasteiger partial charge in [-0.2, -0.15) is 0 Å². The minimum Gasteiger partial charge on any atom is -0.326 e. The smallest absolute Gasteiger partial charge is 0.254 e. The van der Waals surface area contributed by atoms with Crippen LogP contribution in [0, 0.1) is 0 Å². The zero-order valence-corrected chi connectivity index (χ0v) is 15.6. The Morgan fingerprint density at radius 2 is 2.07 bits per heavy atom. The van der Waals surface area contributed by atoms with Crippen molar-refractivity contribution in [2.75, 3.05) is 11.9 Å². The number of aromatic amines is 1. The quantitative estimate of drug-likeness (QED) is 0.730. The lowest BCUT2D eigenvalue weighted by atomic mass is 10.0. The summed E-state index contributed by atoms with van der Waals surface area (Å²) in [4.78, 5) is 37.6. The molecule has 0 saturated heterocycles. The topological polar surface area (TPSA) is 91.0 Å². The Hall–Kier alpha value is -3.32. The fourth-order valence-corrected chi connectivity index (χ4v) is 3.42. The van der Waals surface area contributed by atoms with Crippen LogP contribution in [0.4, 0.5) is 5.69 Å². The standard InChI is InChI=1S/C21H21N5O2/c1-14(27)23-17-6-4-15(5-7-17)12-26-10-8-18-19(13-26)24-20(25-21(18)28)16-3-2-9-22-11-16/h2-7,9,11H,8,10,12-13H2,1H3,(H,23,27)(H,24,25,28). The number of carbonyl (C=O) groups excluding carboxylic acids is 1. The number of anilines is 1. The van der Waals surface area contributed by atoms with Gasteiger partial charge in [-0.15, -0.1) is 0 Å². The average Bonchev–Trinajstić information content (AvgIpc) is 2.69. The normalized spacial score (nSPS) is 13.8. The number of nitrogens with zero attached hydrogens (tertiary/aromatic N) is 3. The molecule has 7 heteroatoms. The van der Waals surface area contributed by atoms with Crippen LogP contribution in [0.25, 0.3) is 11.4 Å². The van der Waals surface area contributed by atoms with E-state index in [0.29, 0.717) is 18.8 Å². The van der Waals surface area contributed by atoms with Gasteiger partial charge in [0.1, 0.15) is 5.82 Å². The molecule has 3 heterocycles. The molecule has 28 heavy (non-hydrogen) atoms. The van der Waals surface area contributed by atoms with Gasteiger partial charge in [0.05, 0.1) is 5.69 Å². The third-order valence-electron chi connectivity index (χ3n) is 4.77. The number of hydrogen-bond acceptors (Lipinski definition) is 5. The highest BCUT2D eigenvalue weighted by atomic mass is 16.1. The van der Waals surface area contributed by atoms with Crippen LogP contribution in [-0.2, 0) is 24.3 Å². The molecule has 2 aromatic heterocycles. The number of rotatable bonds is 4. The van der Waals surface area contributed by atoms with Crippen molar-refractivity contribution in [3.05, 3.63) is 76.0 Å². The van der Waals surface area contributed by atoms with E-state index in [-0.39, 0.29) is 11.5 Å². The molecule has 0 atom stereocenters. The lowest BCUT2D eigenvalue weighted by Crippen LogP contribution is -2.35. The Labute approximate surface area is 162 Å². The predicted octanol–water partition coefficient (Wildman–Crippen LogP) is 2.35. The fraction of sp³-hybridized carbons (Fsp3) is 0.238. The predicted molar refractivity (Wildman–Crippen MR) is 107 cm³/mol. The van der Waals surface area contributed by atoms with E-state index in [4.69, 9.17) is 4.98 Å². The van der Waals surface area contributed by atoms with Gasteiger partial charge in [-0.3, -0.25) is 19.5 Å². The molecule has 0 aliphatic carbocycles. The van der Waals surface area contributed by atoms with Crippen molar-refractivity contribution >= 4 is 11.6 Å². The molecule has 1 amide bonds. The lowest BCUT2D eigenvalue weighted by molar-refractivity contribution is -0.114. The zero-order chi connectivity index (χ0) is 19.5. The lowest BCUT2D eigenvalue weighted by Gasteiger charge is -2.27. The van der Waals surface area contributed by atoms with E-state index in [2.05, 4.69) is 20.2 Å². The number of carbonyl (C=O) groups is 1. The molecule has 0 fully saturated rings. The van der Waals surface area contributed by atoms with E-state index in [1.54, 1.807) is 12.4 Å². The van der Waals surface area contributed by atoms with Crippen molar-refractivity contribution < 1.29 is 4.79 Å². The van der Waals surface area contributed by atoms with E-state index in [0.717, 1.165) is 41.2 Å². The minimum atomic E-state index is -0.0823. The van der Waals surface area contributed by atoms with Gasteiger partial charge >= 0.3 is 0 Å². The number of H-pyrrole nitrogens is 1. The molecule has 1 aliphatic rings. The van der Waals surface area contributed by atoms with Gasteiger partial charge in [0.25, 0.3) is 5.56 Å². The molecule has 142 valence electrons. The molecule has 0 unspecified atom stereocenters. The number of amides is 1. The first-order valence-electron chi connectivity index (χ1n) is 9.20. The van der Waals surface area contributed by atoms with Gasteiger partial charge < -0.3 is 10.3 Å². The van der Waals surface area contributed by atoms with Crippen molar-refractivity contribution in [3.63, 3.8) is 0 Å². The molecular formula is C21H21N5O2.